The van der Waals surface area contributed by atoms with Crippen LogP contribution in [0.2, 0.25) is 5.02 Å². The van der Waals surface area contributed by atoms with Gasteiger partial charge < -0.3 is 5.32 Å². The molecule has 0 heterocycles. The molecule has 106 valence electrons. The van der Waals surface area contributed by atoms with Gasteiger partial charge in [0.1, 0.15) is 0 Å². The zero-order valence-corrected chi connectivity index (χ0v) is 14.3. The Morgan fingerprint density at radius 3 is 2.45 bits per heavy atom. The van der Waals surface area contributed by atoms with Crippen LogP contribution in [0.3, 0.4) is 0 Å². The van der Waals surface area contributed by atoms with Gasteiger partial charge in [-0.05, 0) is 54.8 Å². The highest BCUT2D eigenvalue weighted by Gasteiger charge is 2.18. The zero-order valence-electron chi connectivity index (χ0n) is 12.0. The van der Waals surface area contributed by atoms with Crippen LogP contribution in [0.5, 0.6) is 0 Å². The maximum atomic E-state index is 6.38. The average molecular weight is 353 g/mol. The van der Waals surface area contributed by atoms with Gasteiger partial charge in [0.2, 0.25) is 0 Å². The molecule has 0 spiro atoms. The van der Waals surface area contributed by atoms with Crippen molar-refractivity contribution < 1.29 is 0 Å². The molecule has 0 fully saturated rings. The standard InChI is InChI=1S/C17H19BrClN/c1-4-20-17(13-7-5-6-8-16(13)19)14-9-12(3)15(18)10-11(14)2/h5-10,17,20H,4H2,1-3H3. The van der Waals surface area contributed by atoms with Crippen LogP contribution in [0, 0.1) is 13.8 Å². The normalized spacial score (nSPS) is 12.4. The molecule has 0 bridgehead atoms. The Bertz CT molecular complexity index is 610. The lowest BCUT2D eigenvalue weighted by Crippen LogP contribution is -2.23. The molecule has 1 unspecified atom stereocenters. The number of halogens is 2. The fourth-order valence-electron chi connectivity index (χ4n) is 2.42. The maximum Gasteiger partial charge on any atom is 0.0594 e. The fraction of sp³-hybridized carbons (Fsp3) is 0.294. The minimum Gasteiger partial charge on any atom is -0.306 e. The van der Waals surface area contributed by atoms with Gasteiger partial charge in [-0.1, -0.05) is 58.7 Å². The van der Waals surface area contributed by atoms with Crippen molar-refractivity contribution in [2.75, 3.05) is 6.54 Å². The van der Waals surface area contributed by atoms with Crippen LogP contribution < -0.4 is 5.32 Å². The first kappa shape index (κ1) is 15.6. The SMILES string of the molecule is CCNC(c1cc(C)c(Br)cc1C)c1ccccc1Cl. The average Bonchev–Trinajstić information content (AvgIpc) is 2.42. The summed E-state index contributed by atoms with van der Waals surface area (Å²) in [7, 11) is 0. The Hall–Kier alpha value is -0.830. The molecule has 0 aliphatic rings. The lowest BCUT2D eigenvalue weighted by atomic mass is 9.93. The van der Waals surface area contributed by atoms with Crippen molar-refractivity contribution in [3.05, 3.63) is 68.1 Å². The minimum atomic E-state index is 0.125. The second kappa shape index (κ2) is 6.75. The molecule has 2 aromatic carbocycles. The molecular weight excluding hydrogens is 334 g/mol. The van der Waals surface area contributed by atoms with Crippen molar-refractivity contribution in [3.63, 3.8) is 0 Å². The van der Waals surface area contributed by atoms with Crippen LogP contribution in [-0.2, 0) is 0 Å². The number of hydrogen-bond acceptors (Lipinski definition) is 1. The molecule has 1 N–H and O–H groups in total. The largest absolute Gasteiger partial charge is 0.306 e. The van der Waals surface area contributed by atoms with E-state index in [0.29, 0.717) is 0 Å². The van der Waals surface area contributed by atoms with E-state index in [-0.39, 0.29) is 6.04 Å². The number of aryl methyl sites for hydroxylation is 2. The van der Waals surface area contributed by atoms with Crippen LogP contribution in [0.1, 0.15) is 35.2 Å². The quantitative estimate of drug-likeness (QED) is 0.775. The lowest BCUT2D eigenvalue weighted by molar-refractivity contribution is 0.627. The van der Waals surface area contributed by atoms with Gasteiger partial charge in [0.15, 0.2) is 0 Å². The first-order chi connectivity index (χ1) is 9.54. The van der Waals surface area contributed by atoms with E-state index in [9.17, 15) is 0 Å². The molecule has 1 nitrogen and oxygen atoms in total. The van der Waals surface area contributed by atoms with E-state index in [1.807, 2.05) is 18.2 Å². The smallest absolute Gasteiger partial charge is 0.0594 e. The van der Waals surface area contributed by atoms with E-state index in [0.717, 1.165) is 21.6 Å². The molecule has 0 aliphatic carbocycles. The van der Waals surface area contributed by atoms with Gasteiger partial charge in [-0.2, -0.15) is 0 Å². The van der Waals surface area contributed by atoms with Gasteiger partial charge in [-0.25, -0.2) is 0 Å². The van der Waals surface area contributed by atoms with Crippen LogP contribution in [0.25, 0.3) is 0 Å². The van der Waals surface area contributed by atoms with Crippen LogP contribution >= 0.6 is 27.5 Å². The Morgan fingerprint density at radius 1 is 1.10 bits per heavy atom. The molecule has 0 aliphatic heterocycles. The molecule has 0 amide bonds. The Labute approximate surface area is 134 Å². The predicted molar refractivity (Wildman–Crippen MR) is 90.6 cm³/mol. The summed E-state index contributed by atoms with van der Waals surface area (Å²) in [5.74, 6) is 0. The Balaban J connectivity index is 2.54. The molecule has 0 radical (unpaired) electrons. The minimum absolute atomic E-state index is 0.125. The van der Waals surface area contributed by atoms with Crippen LogP contribution in [-0.4, -0.2) is 6.54 Å². The van der Waals surface area contributed by atoms with Gasteiger partial charge >= 0.3 is 0 Å². The van der Waals surface area contributed by atoms with E-state index in [4.69, 9.17) is 11.6 Å². The van der Waals surface area contributed by atoms with E-state index < -0.39 is 0 Å². The van der Waals surface area contributed by atoms with Gasteiger partial charge in [0.05, 0.1) is 6.04 Å². The first-order valence-electron chi connectivity index (χ1n) is 6.79. The van der Waals surface area contributed by atoms with Crippen LogP contribution in [0.4, 0.5) is 0 Å². The third kappa shape index (κ3) is 3.25. The number of rotatable bonds is 4. The van der Waals surface area contributed by atoms with Crippen molar-refractivity contribution in [2.24, 2.45) is 0 Å². The molecule has 0 aromatic heterocycles. The summed E-state index contributed by atoms with van der Waals surface area (Å²) in [5, 5.41) is 4.35. The third-order valence-corrected chi connectivity index (χ3v) is 4.68. The van der Waals surface area contributed by atoms with E-state index in [2.05, 4.69) is 60.2 Å². The van der Waals surface area contributed by atoms with Gasteiger partial charge in [0.25, 0.3) is 0 Å². The van der Waals surface area contributed by atoms with E-state index in [1.165, 1.54) is 16.7 Å². The highest BCUT2D eigenvalue weighted by molar-refractivity contribution is 9.10. The molecule has 20 heavy (non-hydrogen) atoms. The summed E-state index contributed by atoms with van der Waals surface area (Å²) in [5.41, 5.74) is 4.90. The van der Waals surface area contributed by atoms with E-state index in [1.54, 1.807) is 0 Å². The van der Waals surface area contributed by atoms with Gasteiger partial charge in [-0.3, -0.25) is 0 Å². The van der Waals surface area contributed by atoms with Gasteiger partial charge in [-0.15, -0.1) is 0 Å². The van der Waals surface area contributed by atoms with E-state index >= 15 is 0 Å². The number of benzene rings is 2. The summed E-state index contributed by atoms with van der Waals surface area (Å²) in [4.78, 5) is 0. The Morgan fingerprint density at radius 2 is 1.80 bits per heavy atom. The highest BCUT2D eigenvalue weighted by atomic mass is 79.9. The topological polar surface area (TPSA) is 12.0 Å². The summed E-state index contributed by atoms with van der Waals surface area (Å²) in [6.07, 6.45) is 0. The number of nitrogens with one attached hydrogen (secondary N) is 1. The van der Waals surface area contributed by atoms with Crippen LogP contribution in [0.15, 0.2) is 40.9 Å². The molecule has 0 saturated heterocycles. The second-order valence-electron chi connectivity index (χ2n) is 4.97. The van der Waals surface area contributed by atoms with Crippen molar-refractivity contribution in [1.29, 1.82) is 0 Å². The Kier molecular flexibility index (Phi) is 5.25. The van der Waals surface area contributed by atoms with Crippen molar-refractivity contribution >= 4 is 27.5 Å². The summed E-state index contributed by atoms with van der Waals surface area (Å²) >= 11 is 9.97. The monoisotopic (exact) mass is 351 g/mol. The highest BCUT2D eigenvalue weighted by Crippen LogP contribution is 2.32. The first-order valence-corrected chi connectivity index (χ1v) is 7.96. The van der Waals surface area contributed by atoms with Crippen molar-refractivity contribution in [1.82, 2.24) is 5.32 Å². The molecule has 0 saturated carbocycles. The molecule has 3 heteroatoms. The fourth-order valence-corrected chi connectivity index (χ4v) is 3.12. The lowest BCUT2D eigenvalue weighted by Gasteiger charge is -2.23. The van der Waals surface area contributed by atoms with Crippen molar-refractivity contribution in [2.45, 2.75) is 26.8 Å². The molecular formula is C17H19BrClN. The summed E-state index contributed by atoms with van der Waals surface area (Å²) < 4.78 is 1.15. The summed E-state index contributed by atoms with van der Waals surface area (Å²) in [6, 6.07) is 12.6. The molecule has 1 atom stereocenters. The summed E-state index contributed by atoms with van der Waals surface area (Å²) in [6.45, 7) is 7.26. The maximum absolute atomic E-state index is 6.38. The van der Waals surface area contributed by atoms with Gasteiger partial charge in [0, 0.05) is 9.50 Å². The zero-order chi connectivity index (χ0) is 14.7. The molecule has 2 aromatic rings. The van der Waals surface area contributed by atoms with Crippen molar-refractivity contribution in [3.8, 4) is 0 Å². The second-order valence-corrected chi connectivity index (χ2v) is 6.23. The third-order valence-electron chi connectivity index (χ3n) is 3.48. The molecule has 2 rings (SSSR count). The number of hydrogen-bond donors (Lipinski definition) is 1. The predicted octanol–water partition coefficient (Wildman–Crippen LogP) is 5.42.